The summed E-state index contributed by atoms with van der Waals surface area (Å²) in [5.41, 5.74) is 5.73. The Kier molecular flexibility index (Phi) is 3.90. The Bertz CT molecular complexity index is 703. The number of hydrogen-bond acceptors (Lipinski definition) is 5. The summed E-state index contributed by atoms with van der Waals surface area (Å²) in [7, 11) is 0. The molecule has 2 aromatic rings. The maximum Gasteiger partial charge on any atom is 0.153 e. The second-order valence-corrected chi connectivity index (χ2v) is 5.02. The second kappa shape index (κ2) is 5.35. The summed E-state index contributed by atoms with van der Waals surface area (Å²) in [5.74, 6) is 3.61. The zero-order chi connectivity index (χ0) is 14.3. The van der Waals surface area contributed by atoms with Crippen molar-refractivity contribution in [2.24, 2.45) is 0 Å². The minimum Gasteiger partial charge on any atom is -0.392 e. The highest BCUT2D eigenvalue weighted by Crippen LogP contribution is 2.37. The molecule has 0 aromatic carbocycles. The topological polar surface area (TPSA) is 86.2 Å². The van der Waals surface area contributed by atoms with Crippen LogP contribution < -0.4 is 5.73 Å². The minimum atomic E-state index is -0.894. The number of anilines is 1. The molecule has 112 valence electrons. The number of hydrogen-bond donors (Lipinski definition) is 2. The monoisotopic (exact) mass is 288 g/mol. The van der Waals surface area contributed by atoms with E-state index in [-0.39, 0.29) is 20.3 Å². The van der Waals surface area contributed by atoms with Crippen LogP contribution in [0.15, 0.2) is 12.3 Å². The predicted octanol–water partition coefficient (Wildman–Crippen LogP) is 1.63. The fraction of sp³-hybridized carbons (Fsp3) is 0.467. The molecule has 6 heteroatoms. The van der Waals surface area contributed by atoms with Gasteiger partial charge in [-0.25, -0.2) is 9.97 Å². The molecule has 3 N–H and O–H groups in total. The lowest BCUT2D eigenvalue weighted by Gasteiger charge is -2.21. The van der Waals surface area contributed by atoms with Crippen molar-refractivity contribution in [3.8, 4) is 12.3 Å². The summed E-state index contributed by atoms with van der Waals surface area (Å²) in [5, 5.41) is 10.2. The smallest absolute Gasteiger partial charge is 0.153 e. The van der Waals surface area contributed by atoms with Gasteiger partial charge in [-0.15, -0.1) is 6.42 Å². The average molecular weight is 288 g/mol. The summed E-state index contributed by atoms with van der Waals surface area (Å²) in [6, 6.07) is 1.86. The number of aliphatic hydroxyl groups excluding tert-OH is 1. The number of nitrogens with zero attached hydrogens (tertiary/aromatic N) is 3. The molecule has 6 nitrogen and oxygen atoms in total. The van der Waals surface area contributed by atoms with E-state index in [1.165, 1.54) is 0 Å². The van der Waals surface area contributed by atoms with Crippen LogP contribution in [-0.2, 0) is 4.74 Å². The number of terminal acetylenes is 1. The molecule has 2 unspecified atom stereocenters. The van der Waals surface area contributed by atoms with Crippen molar-refractivity contribution in [1.82, 2.24) is 14.5 Å². The lowest BCUT2D eigenvalue weighted by Crippen LogP contribution is -2.31. The van der Waals surface area contributed by atoms with E-state index in [4.69, 9.17) is 16.9 Å². The Labute approximate surface area is 124 Å². The molecule has 0 radical (unpaired) electrons. The number of fused-ring (bicyclic) bond motifs is 1. The average Bonchev–Trinajstić information content (AvgIpc) is 3.02. The Morgan fingerprint density at radius 3 is 3.00 bits per heavy atom. The van der Waals surface area contributed by atoms with Gasteiger partial charge in [0.1, 0.15) is 23.5 Å². The van der Waals surface area contributed by atoms with Gasteiger partial charge in [0, 0.05) is 6.20 Å². The van der Waals surface area contributed by atoms with Crippen LogP contribution in [0.3, 0.4) is 0 Å². The van der Waals surface area contributed by atoms with Crippen LogP contribution in [0, 0.1) is 19.3 Å². The number of aromatic nitrogens is 3. The van der Waals surface area contributed by atoms with Crippen molar-refractivity contribution in [1.29, 1.82) is 0 Å². The summed E-state index contributed by atoms with van der Waals surface area (Å²) >= 11 is 0. The van der Waals surface area contributed by atoms with Crippen molar-refractivity contribution in [3.63, 3.8) is 0 Å². The molecule has 3 rings (SSSR count). The standard InChI is InChI=1S/C14H16N4O2.CH4/c1-3-14(8-19)6-4-11(20-14)18-7-5-10-12(15)16-9(2)17-13(10)18;/h1,5,7,11,19H,4,6,8H2,2H3,(H2,15,16,17);1H4. The van der Waals surface area contributed by atoms with Crippen molar-refractivity contribution in [2.45, 2.75) is 39.0 Å². The summed E-state index contributed by atoms with van der Waals surface area (Å²) in [6.07, 6.45) is 8.42. The maximum absolute atomic E-state index is 9.41. The van der Waals surface area contributed by atoms with Gasteiger partial charge < -0.3 is 20.1 Å². The largest absolute Gasteiger partial charge is 0.392 e. The van der Waals surface area contributed by atoms with Crippen LogP contribution in [0.5, 0.6) is 0 Å². The molecule has 1 aliphatic rings. The molecular weight excluding hydrogens is 268 g/mol. The molecule has 1 aliphatic heterocycles. The van der Waals surface area contributed by atoms with E-state index in [1.54, 1.807) is 6.92 Å². The number of ether oxygens (including phenoxy) is 1. The third-order valence-corrected chi connectivity index (χ3v) is 3.70. The van der Waals surface area contributed by atoms with E-state index in [0.717, 1.165) is 17.5 Å². The first-order valence-electron chi connectivity index (χ1n) is 6.46. The number of nitrogen functional groups attached to an aromatic ring is 1. The first kappa shape index (κ1) is 15.3. The van der Waals surface area contributed by atoms with Crippen LogP contribution in [0.4, 0.5) is 5.82 Å². The van der Waals surface area contributed by atoms with E-state index < -0.39 is 5.60 Å². The number of rotatable bonds is 2. The Balaban J connectivity index is 0.00000161. The summed E-state index contributed by atoms with van der Waals surface area (Å²) in [6.45, 7) is 1.61. The fourth-order valence-electron chi connectivity index (χ4n) is 2.60. The molecule has 2 atom stereocenters. The quantitative estimate of drug-likeness (QED) is 0.820. The van der Waals surface area contributed by atoms with Gasteiger partial charge in [0.05, 0.1) is 12.0 Å². The zero-order valence-corrected chi connectivity index (χ0v) is 11.2. The molecule has 1 saturated heterocycles. The van der Waals surface area contributed by atoms with Crippen LogP contribution in [0.25, 0.3) is 11.0 Å². The van der Waals surface area contributed by atoms with Gasteiger partial charge in [0.25, 0.3) is 0 Å². The summed E-state index contributed by atoms with van der Waals surface area (Å²) < 4.78 is 7.75. The van der Waals surface area contributed by atoms with Gasteiger partial charge in [-0.3, -0.25) is 0 Å². The van der Waals surface area contributed by atoms with E-state index in [9.17, 15) is 5.11 Å². The molecule has 0 aliphatic carbocycles. The molecule has 2 aromatic heterocycles. The first-order valence-corrected chi connectivity index (χ1v) is 6.46. The van der Waals surface area contributed by atoms with Crippen molar-refractivity contribution >= 4 is 16.9 Å². The molecule has 0 amide bonds. The number of aliphatic hydroxyl groups is 1. The highest BCUT2D eigenvalue weighted by molar-refractivity contribution is 5.86. The fourth-order valence-corrected chi connectivity index (χ4v) is 2.60. The third-order valence-electron chi connectivity index (χ3n) is 3.70. The highest BCUT2D eigenvalue weighted by Gasteiger charge is 2.39. The molecule has 1 fully saturated rings. The number of aryl methyl sites for hydroxylation is 1. The normalized spacial score (nSPS) is 24.7. The van der Waals surface area contributed by atoms with Gasteiger partial charge in [0.2, 0.25) is 0 Å². The van der Waals surface area contributed by atoms with E-state index in [1.807, 2.05) is 16.8 Å². The Hall–Kier alpha value is -2.10. The molecule has 0 saturated carbocycles. The van der Waals surface area contributed by atoms with Gasteiger partial charge in [0.15, 0.2) is 5.60 Å². The van der Waals surface area contributed by atoms with Gasteiger partial charge in [-0.2, -0.15) is 0 Å². The third kappa shape index (κ3) is 2.35. The van der Waals surface area contributed by atoms with E-state index in [0.29, 0.717) is 18.1 Å². The SMILES string of the molecule is C.C#CC1(CO)CCC(n2ccc3c(N)nc(C)nc32)O1. The lowest BCUT2D eigenvalue weighted by molar-refractivity contribution is -0.0615. The zero-order valence-electron chi connectivity index (χ0n) is 11.2. The van der Waals surface area contributed by atoms with E-state index >= 15 is 0 Å². The minimum absolute atomic E-state index is 0. The maximum atomic E-state index is 9.41. The van der Waals surface area contributed by atoms with Crippen molar-refractivity contribution < 1.29 is 9.84 Å². The second-order valence-electron chi connectivity index (χ2n) is 5.02. The molecular formula is C15H20N4O2. The van der Waals surface area contributed by atoms with Crippen molar-refractivity contribution in [3.05, 3.63) is 18.1 Å². The Morgan fingerprint density at radius 2 is 2.38 bits per heavy atom. The van der Waals surface area contributed by atoms with E-state index in [2.05, 4.69) is 15.9 Å². The molecule has 3 heterocycles. The number of nitrogens with two attached hydrogens (primary N) is 1. The van der Waals surface area contributed by atoms with Gasteiger partial charge >= 0.3 is 0 Å². The van der Waals surface area contributed by atoms with Crippen LogP contribution in [0.2, 0.25) is 0 Å². The van der Waals surface area contributed by atoms with Gasteiger partial charge in [-0.1, -0.05) is 13.3 Å². The van der Waals surface area contributed by atoms with Crippen molar-refractivity contribution in [2.75, 3.05) is 12.3 Å². The molecule has 0 bridgehead atoms. The predicted molar refractivity (Wildman–Crippen MR) is 81.4 cm³/mol. The molecule has 0 spiro atoms. The van der Waals surface area contributed by atoms with Crippen LogP contribution >= 0.6 is 0 Å². The highest BCUT2D eigenvalue weighted by atomic mass is 16.5. The van der Waals surface area contributed by atoms with Crippen LogP contribution in [0.1, 0.15) is 32.3 Å². The lowest BCUT2D eigenvalue weighted by atomic mass is 10.0. The first-order chi connectivity index (χ1) is 9.58. The van der Waals surface area contributed by atoms with Crippen LogP contribution in [-0.4, -0.2) is 31.8 Å². The molecule has 21 heavy (non-hydrogen) atoms. The summed E-state index contributed by atoms with van der Waals surface area (Å²) in [4.78, 5) is 8.56. The van der Waals surface area contributed by atoms with Gasteiger partial charge in [-0.05, 0) is 25.8 Å². The Morgan fingerprint density at radius 1 is 1.62 bits per heavy atom.